The number of hydrogen-bond acceptors (Lipinski definition) is 6. The van der Waals surface area contributed by atoms with E-state index in [9.17, 15) is 14.5 Å². The van der Waals surface area contributed by atoms with E-state index in [1.807, 2.05) is 7.05 Å². The van der Waals surface area contributed by atoms with E-state index < -0.39 is 19.8 Å². The predicted octanol–water partition coefficient (Wildman–Crippen LogP) is 0.898. The summed E-state index contributed by atoms with van der Waals surface area (Å²) in [5.74, 6) is -3.11. The highest BCUT2D eigenvalue weighted by molar-refractivity contribution is 7.64. The molecule has 0 aromatic heterocycles. The van der Waals surface area contributed by atoms with Crippen molar-refractivity contribution < 1.29 is 24.1 Å². The van der Waals surface area contributed by atoms with Crippen LogP contribution in [0.2, 0.25) is 0 Å². The Kier molecular flexibility index (Phi) is 6.33. The molecule has 20 heavy (non-hydrogen) atoms. The fraction of sp³-hybridized carbons (Fsp3) is 0.833. The highest BCUT2D eigenvalue weighted by Crippen LogP contribution is 2.57. The van der Waals surface area contributed by atoms with Gasteiger partial charge in [0, 0.05) is 6.04 Å². The summed E-state index contributed by atoms with van der Waals surface area (Å²) in [7, 11) is -1.44. The molecule has 1 aliphatic carbocycles. The second-order valence-electron chi connectivity index (χ2n) is 5.32. The van der Waals surface area contributed by atoms with Crippen molar-refractivity contribution >= 4 is 19.8 Å². The van der Waals surface area contributed by atoms with Gasteiger partial charge in [-0.15, -0.1) is 5.09 Å². The van der Waals surface area contributed by atoms with Crippen molar-refractivity contribution in [3.63, 3.8) is 0 Å². The van der Waals surface area contributed by atoms with Crippen LogP contribution in [0, 0.1) is 0 Å². The Morgan fingerprint density at radius 3 is 2.25 bits per heavy atom. The van der Waals surface area contributed by atoms with Crippen LogP contribution in [0.4, 0.5) is 0 Å². The molecule has 0 heterocycles. The standard InChI is InChI=1S/C12H23N2O5P/c1-8(2)20(18,19-12(17)11(15)16)14-10-7-5-4-6-9(10)13-3/h8-10,13-14,18H,4-7H2,1-3H3/p+1. The van der Waals surface area contributed by atoms with Gasteiger partial charge in [0.15, 0.2) is 0 Å². The Hall–Kier alpha value is -0.750. The summed E-state index contributed by atoms with van der Waals surface area (Å²) in [5, 5.41) is 14.8. The topological polar surface area (TPSA) is 108 Å². The first-order valence-electron chi connectivity index (χ1n) is 6.83. The number of hydrogen-bond donors (Lipinski definition) is 4. The molecule has 8 heteroatoms. The van der Waals surface area contributed by atoms with Crippen molar-refractivity contribution in [3.8, 4) is 0 Å². The summed E-state index contributed by atoms with van der Waals surface area (Å²) in [6.07, 6.45) is 3.96. The van der Waals surface area contributed by atoms with Crippen LogP contribution in [-0.4, -0.2) is 46.7 Å². The Labute approximate surface area is 119 Å². The summed E-state index contributed by atoms with van der Waals surface area (Å²) in [5.41, 5.74) is -0.370. The highest BCUT2D eigenvalue weighted by atomic mass is 31.2. The summed E-state index contributed by atoms with van der Waals surface area (Å²) in [4.78, 5) is 32.4. The van der Waals surface area contributed by atoms with Crippen molar-refractivity contribution in [3.05, 3.63) is 0 Å². The van der Waals surface area contributed by atoms with Crippen LogP contribution >= 0.6 is 7.87 Å². The minimum Gasteiger partial charge on any atom is -0.473 e. The maximum Gasteiger partial charge on any atom is 0.463 e. The number of likely N-dealkylation sites (N-methyl/N-ethyl adjacent to an activating group) is 1. The van der Waals surface area contributed by atoms with Crippen LogP contribution in [-0.2, 0) is 14.1 Å². The summed E-state index contributed by atoms with van der Waals surface area (Å²) < 4.78 is 4.85. The van der Waals surface area contributed by atoms with Gasteiger partial charge in [-0.2, -0.15) is 4.89 Å². The van der Waals surface area contributed by atoms with E-state index in [1.54, 1.807) is 13.8 Å². The summed E-state index contributed by atoms with van der Waals surface area (Å²) in [6, 6.07) is 0.147. The second-order valence-corrected chi connectivity index (χ2v) is 8.04. The molecule has 1 aliphatic rings. The minimum absolute atomic E-state index is 0.0314. The summed E-state index contributed by atoms with van der Waals surface area (Å²) in [6.45, 7) is 3.40. The van der Waals surface area contributed by atoms with Gasteiger partial charge in [0.05, 0.1) is 6.04 Å². The Morgan fingerprint density at radius 1 is 1.25 bits per heavy atom. The van der Waals surface area contributed by atoms with Crippen molar-refractivity contribution in [2.75, 3.05) is 7.05 Å². The molecule has 0 aliphatic heterocycles. The average molecular weight is 307 g/mol. The monoisotopic (exact) mass is 307 g/mol. The van der Waals surface area contributed by atoms with Crippen LogP contribution in [0.5, 0.6) is 0 Å². The average Bonchev–Trinajstić information content (AvgIpc) is 2.38. The third-order valence-corrected chi connectivity index (χ3v) is 6.13. The zero-order valence-electron chi connectivity index (χ0n) is 12.1. The fourth-order valence-electron chi connectivity index (χ4n) is 2.31. The molecular formula is C12H24N2O5P+. The largest absolute Gasteiger partial charge is 0.473 e. The maximum absolute atomic E-state index is 11.2. The molecule has 1 saturated carbocycles. The van der Waals surface area contributed by atoms with E-state index in [0.717, 1.165) is 25.7 Å². The van der Waals surface area contributed by atoms with Gasteiger partial charge in [-0.25, -0.2) is 14.1 Å². The molecule has 0 saturated heterocycles. The molecule has 1 fully saturated rings. The molecule has 0 spiro atoms. The lowest BCUT2D eigenvalue weighted by atomic mass is 9.91. The Morgan fingerprint density at radius 2 is 1.80 bits per heavy atom. The van der Waals surface area contributed by atoms with Gasteiger partial charge < -0.3 is 10.4 Å². The number of rotatable bonds is 5. The highest BCUT2D eigenvalue weighted by Gasteiger charge is 2.50. The zero-order valence-corrected chi connectivity index (χ0v) is 13.0. The van der Waals surface area contributed by atoms with Gasteiger partial charge in [0.25, 0.3) is 0 Å². The van der Waals surface area contributed by atoms with Crippen molar-refractivity contribution in [1.82, 2.24) is 10.4 Å². The first-order valence-corrected chi connectivity index (χ1v) is 8.56. The molecular weight excluding hydrogens is 283 g/mol. The smallest absolute Gasteiger partial charge is 0.463 e. The Bertz CT molecular complexity index is 366. The maximum atomic E-state index is 11.2. The van der Waals surface area contributed by atoms with Gasteiger partial charge in [0.2, 0.25) is 0 Å². The number of nitrogens with one attached hydrogen (secondary N) is 2. The molecule has 4 N–H and O–H groups in total. The van der Waals surface area contributed by atoms with E-state index in [0.29, 0.717) is 0 Å². The number of carbonyl (C=O) groups excluding carboxylic acids is 1. The van der Waals surface area contributed by atoms with Crippen LogP contribution in [0.1, 0.15) is 39.5 Å². The van der Waals surface area contributed by atoms with Crippen molar-refractivity contribution in [1.29, 1.82) is 0 Å². The third-order valence-electron chi connectivity index (χ3n) is 3.58. The number of carboxylic acids is 1. The van der Waals surface area contributed by atoms with Crippen LogP contribution in [0.25, 0.3) is 0 Å². The zero-order chi connectivity index (χ0) is 15.3. The Balaban J connectivity index is 2.79. The van der Waals surface area contributed by atoms with Gasteiger partial charge in [0.1, 0.15) is 5.66 Å². The molecule has 0 radical (unpaired) electrons. The lowest BCUT2D eigenvalue weighted by molar-refractivity contribution is -0.158. The van der Waals surface area contributed by atoms with E-state index in [2.05, 4.69) is 10.4 Å². The predicted molar refractivity (Wildman–Crippen MR) is 76.2 cm³/mol. The molecule has 0 aromatic rings. The molecule has 0 aromatic carbocycles. The van der Waals surface area contributed by atoms with E-state index in [-0.39, 0.29) is 17.7 Å². The van der Waals surface area contributed by atoms with Gasteiger partial charge >= 0.3 is 19.8 Å². The number of carboxylic acid groups (broad SMARTS) is 1. The van der Waals surface area contributed by atoms with E-state index in [1.165, 1.54) is 0 Å². The van der Waals surface area contributed by atoms with Crippen molar-refractivity contribution in [2.45, 2.75) is 57.3 Å². The normalized spacial score (nSPS) is 26.1. The SMILES string of the molecule is CNC1CCCCC1N[P+](O)(OC(=O)C(=O)O)C(C)C. The number of carbonyl (C=O) groups is 2. The number of aliphatic carboxylic acids is 1. The minimum atomic E-state index is -3.29. The fourth-order valence-corrected chi connectivity index (χ4v) is 3.99. The second kappa shape index (κ2) is 7.31. The first kappa shape index (κ1) is 17.3. The van der Waals surface area contributed by atoms with Gasteiger partial charge in [-0.05, 0) is 33.7 Å². The van der Waals surface area contributed by atoms with Crippen LogP contribution in [0.15, 0.2) is 0 Å². The van der Waals surface area contributed by atoms with Crippen LogP contribution in [0.3, 0.4) is 0 Å². The van der Waals surface area contributed by atoms with E-state index >= 15 is 0 Å². The molecule has 1 rings (SSSR count). The lowest BCUT2D eigenvalue weighted by Gasteiger charge is -2.33. The van der Waals surface area contributed by atoms with Gasteiger partial charge in [-0.1, -0.05) is 12.8 Å². The van der Waals surface area contributed by atoms with Crippen LogP contribution < -0.4 is 10.4 Å². The van der Waals surface area contributed by atoms with Crippen molar-refractivity contribution in [2.24, 2.45) is 0 Å². The molecule has 0 bridgehead atoms. The third kappa shape index (κ3) is 4.38. The molecule has 7 nitrogen and oxygen atoms in total. The molecule has 116 valence electrons. The van der Waals surface area contributed by atoms with E-state index in [4.69, 9.17) is 9.63 Å². The first-order chi connectivity index (χ1) is 9.30. The molecule has 0 amide bonds. The molecule has 3 unspecified atom stereocenters. The molecule has 3 atom stereocenters. The lowest BCUT2D eigenvalue weighted by Crippen LogP contribution is -2.49. The quantitative estimate of drug-likeness (QED) is 0.441. The summed E-state index contributed by atoms with van der Waals surface area (Å²) >= 11 is 0. The van der Waals surface area contributed by atoms with Gasteiger partial charge in [-0.3, -0.25) is 0 Å².